The predicted molar refractivity (Wildman–Crippen MR) is 138 cm³/mol. The van der Waals surface area contributed by atoms with Crippen molar-refractivity contribution >= 4 is 50.6 Å². The first kappa shape index (κ1) is 29.6. The van der Waals surface area contributed by atoms with Crippen LogP contribution in [-0.2, 0) is 26.0 Å². The summed E-state index contributed by atoms with van der Waals surface area (Å²) in [4.78, 5) is 3.97. The molecule has 0 radical (unpaired) electrons. The maximum Gasteiger partial charge on any atom is 4.00 e. The van der Waals surface area contributed by atoms with Crippen LogP contribution in [0.5, 0.6) is 0 Å². The van der Waals surface area contributed by atoms with Gasteiger partial charge in [0.2, 0.25) is 0 Å². The van der Waals surface area contributed by atoms with Crippen LogP contribution in [0.1, 0.15) is 5.69 Å². The van der Waals surface area contributed by atoms with E-state index < -0.39 is 0 Å². The maximum atomic E-state index is 5.29. The van der Waals surface area contributed by atoms with Crippen molar-refractivity contribution in [3.63, 3.8) is 0 Å². The Morgan fingerprint density at radius 3 is 1.45 bits per heavy atom. The Balaban J connectivity index is 0.000000428. The van der Waals surface area contributed by atoms with Crippen molar-refractivity contribution in [2.24, 2.45) is 5.73 Å². The number of benzene rings is 4. The molecule has 1 heterocycles. The summed E-state index contributed by atoms with van der Waals surface area (Å²) in [7, 11) is 5.79. The van der Waals surface area contributed by atoms with E-state index in [2.05, 4.69) is 96.3 Å². The van der Waals surface area contributed by atoms with E-state index in [-0.39, 0.29) is 44.3 Å². The molecule has 168 valence electrons. The molecule has 0 aliphatic rings. The summed E-state index contributed by atoms with van der Waals surface area (Å²) >= 11 is 0. The Morgan fingerprint density at radius 2 is 1.06 bits per heavy atom. The molecular formula is C26H24Cl2N2P2Ru+2. The molecule has 0 aliphatic carbocycles. The predicted octanol–water partition coefficient (Wildman–Crippen LogP) is -0.793. The van der Waals surface area contributed by atoms with Crippen LogP contribution >= 0.6 is 18.5 Å². The summed E-state index contributed by atoms with van der Waals surface area (Å²) in [6.07, 6.45) is 1.74. The Kier molecular flexibility index (Phi) is 12.6. The van der Waals surface area contributed by atoms with Gasteiger partial charge in [-0.25, -0.2) is 0 Å². The Bertz CT molecular complexity index is 1230. The number of fused-ring (bicyclic) bond motifs is 2. The first-order valence-electron chi connectivity index (χ1n) is 9.84. The molecule has 0 aliphatic heterocycles. The van der Waals surface area contributed by atoms with Crippen molar-refractivity contribution in [1.82, 2.24) is 4.98 Å². The molecule has 2 atom stereocenters. The van der Waals surface area contributed by atoms with E-state index in [0.717, 1.165) is 5.69 Å². The van der Waals surface area contributed by atoms with Crippen LogP contribution in [-0.4, -0.2) is 4.98 Å². The number of pyridine rings is 1. The van der Waals surface area contributed by atoms with E-state index in [1.54, 1.807) is 6.20 Å². The molecular weight excluding hydrogens is 574 g/mol. The average Bonchev–Trinajstić information content (AvgIpc) is 2.81. The fourth-order valence-corrected chi connectivity index (χ4v) is 4.45. The van der Waals surface area contributed by atoms with Gasteiger partial charge < -0.3 is 30.5 Å². The van der Waals surface area contributed by atoms with E-state index in [1.165, 1.54) is 43.3 Å². The van der Waals surface area contributed by atoms with Crippen LogP contribution in [0, 0.1) is 0 Å². The molecule has 4 aromatic carbocycles. The molecule has 0 spiro atoms. The largest absolute Gasteiger partial charge is 4.00 e. The quantitative estimate of drug-likeness (QED) is 0.214. The van der Waals surface area contributed by atoms with Crippen molar-refractivity contribution in [3.8, 4) is 11.1 Å². The van der Waals surface area contributed by atoms with Crippen LogP contribution < -0.4 is 41.2 Å². The molecule has 5 rings (SSSR count). The third-order valence-electron chi connectivity index (χ3n) is 5.11. The molecule has 0 saturated heterocycles. The van der Waals surface area contributed by atoms with Crippen molar-refractivity contribution in [2.75, 3.05) is 0 Å². The number of nitrogens with two attached hydrogens (primary N) is 1. The summed E-state index contributed by atoms with van der Waals surface area (Å²) in [6, 6.07) is 31.7. The minimum atomic E-state index is 0. The van der Waals surface area contributed by atoms with Crippen LogP contribution in [0.15, 0.2) is 97.2 Å². The van der Waals surface area contributed by atoms with Crippen LogP contribution in [0.4, 0.5) is 0 Å². The third kappa shape index (κ3) is 6.80. The van der Waals surface area contributed by atoms with Gasteiger partial charge in [0.15, 0.2) is 0 Å². The van der Waals surface area contributed by atoms with Gasteiger partial charge in [0.1, 0.15) is 0 Å². The van der Waals surface area contributed by atoms with Crippen molar-refractivity contribution in [2.45, 2.75) is 6.54 Å². The van der Waals surface area contributed by atoms with Gasteiger partial charge in [-0.15, -0.1) is 18.5 Å². The number of hydrogen-bond donors (Lipinski definition) is 1. The number of hydrogen-bond acceptors (Lipinski definition) is 2. The van der Waals surface area contributed by atoms with Gasteiger partial charge >= 0.3 is 19.5 Å². The summed E-state index contributed by atoms with van der Waals surface area (Å²) in [6.45, 7) is 0.529. The van der Waals surface area contributed by atoms with E-state index in [1.807, 2.05) is 18.2 Å². The van der Waals surface area contributed by atoms with Crippen molar-refractivity contribution < 1.29 is 44.3 Å². The fraction of sp³-hybridized carbons (Fsp3) is 0.0385. The smallest absolute Gasteiger partial charge is 1.00 e. The maximum absolute atomic E-state index is 5.29. The van der Waals surface area contributed by atoms with E-state index in [9.17, 15) is 0 Å². The zero-order chi connectivity index (χ0) is 20.9. The fourth-order valence-electron chi connectivity index (χ4n) is 3.65. The molecule has 0 saturated carbocycles. The second-order valence-electron chi connectivity index (χ2n) is 7.03. The number of halogens is 2. The van der Waals surface area contributed by atoms with Gasteiger partial charge in [-0.2, -0.15) is 0 Å². The molecule has 2 N–H and O–H groups in total. The van der Waals surface area contributed by atoms with E-state index in [0.29, 0.717) is 6.54 Å². The summed E-state index contributed by atoms with van der Waals surface area (Å²) in [5, 5.41) is 7.63. The molecule has 0 fully saturated rings. The van der Waals surface area contributed by atoms with Gasteiger partial charge in [0.25, 0.3) is 0 Å². The van der Waals surface area contributed by atoms with E-state index in [4.69, 9.17) is 5.73 Å². The zero-order valence-corrected chi connectivity index (χ0v) is 23.3. The molecule has 0 bridgehead atoms. The van der Waals surface area contributed by atoms with Crippen LogP contribution in [0.25, 0.3) is 32.7 Å². The summed E-state index contributed by atoms with van der Waals surface area (Å²) in [5.41, 5.74) is 8.85. The summed E-state index contributed by atoms with van der Waals surface area (Å²) < 4.78 is 0. The van der Waals surface area contributed by atoms with Gasteiger partial charge in [0, 0.05) is 12.7 Å². The molecule has 7 heteroatoms. The van der Waals surface area contributed by atoms with Gasteiger partial charge in [0.05, 0.1) is 5.69 Å². The average molecular weight is 598 g/mol. The van der Waals surface area contributed by atoms with Gasteiger partial charge in [-0.05, 0) is 55.4 Å². The Hall–Kier alpha value is -1.43. The second-order valence-corrected chi connectivity index (χ2v) is 8.27. The first-order valence-corrected chi connectivity index (χ1v) is 11.0. The zero-order valence-electron chi connectivity index (χ0n) is 17.7. The molecule has 33 heavy (non-hydrogen) atoms. The molecule has 2 nitrogen and oxygen atoms in total. The Morgan fingerprint density at radius 1 is 0.606 bits per heavy atom. The molecule has 1 aromatic heterocycles. The topological polar surface area (TPSA) is 38.9 Å². The van der Waals surface area contributed by atoms with Crippen molar-refractivity contribution in [1.29, 1.82) is 0 Å². The van der Waals surface area contributed by atoms with Gasteiger partial charge in [-0.1, -0.05) is 78.9 Å². The van der Waals surface area contributed by atoms with E-state index >= 15 is 0 Å². The normalized spacial score (nSPS) is 9.67. The van der Waals surface area contributed by atoms with Crippen LogP contribution in [0.2, 0.25) is 0 Å². The summed E-state index contributed by atoms with van der Waals surface area (Å²) in [5.74, 6) is 0. The van der Waals surface area contributed by atoms with Gasteiger partial charge in [-0.3, -0.25) is 4.98 Å². The number of nitrogens with zero attached hydrogens (tertiary/aromatic N) is 1. The Labute approximate surface area is 225 Å². The minimum Gasteiger partial charge on any atom is -1.00 e. The second kappa shape index (κ2) is 14.1. The minimum absolute atomic E-state index is 0. The van der Waals surface area contributed by atoms with Crippen molar-refractivity contribution in [3.05, 3.63) is 103 Å². The van der Waals surface area contributed by atoms with Crippen LogP contribution in [0.3, 0.4) is 0 Å². The molecule has 2 unspecified atom stereocenters. The molecule has 0 amide bonds. The first-order chi connectivity index (χ1) is 14.7. The third-order valence-corrected chi connectivity index (χ3v) is 6.07. The monoisotopic (exact) mass is 598 g/mol. The number of rotatable bonds is 2. The molecule has 5 aromatic rings. The standard InChI is InChI=1S/C20H16P2.C6H8N2.2ClH.Ru/c21-17-11-9-13-5-1-3-7-15(13)19(17)20-16-8-4-2-6-14(16)10-12-18(20)22;7-5-6-3-1-2-4-8-6;;;/h1-12H,21-22H2;1-4H,5,7H2;2*1H;/q;;;;+4/p-2. The SMILES string of the molecule is NCc1ccccn1.Pc1ccc2ccccc2c1-c1c(P)ccc2ccccc12.[Cl-].[Cl-].[Ru+4]. The number of aromatic nitrogens is 1.